The van der Waals surface area contributed by atoms with Crippen molar-refractivity contribution in [3.05, 3.63) is 29.6 Å². The van der Waals surface area contributed by atoms with Crippen LogP contribution < -0.4 is 10.6 Å². The van der Waals surface area contributed by atoms with Crippen LogP contribution in [0.1, 0.15) is 44.7 Å². The van der Waals surface area contributed by atoms with E-state index in [0.29, 0.717) is 18.8 Å². The number of pyridine rings is 1. The van der Waals surface area contributed by atoms with Crippen LogP contribution >= 0.6 is 0 Å². The topological polar surface area (TPSA) is 133 Å². The molecule has 0 spiro atoms. The molecule has 0 radical (unpaired) electrons. The van der Waals surface area contributed by atoms with Gasteiger partial charge in [-0.2, -0.15) is 13.2 Å². The third-order valence-corrected chi connectivity index (χ3v) is 5.09. The zero-order valence-corrected chi connectivity index (χ0v) is 22.4. The number of likely N-dealkylation sites (N-methyl/N-ethyl adjacent to an activating group) is 2. The molecule has 0 aliphatic carbocycles. The zero-order chi connectivity index (χ0) is 28.9. The molecule has 3 N–H and O–H groups in total. The summed E-state index contributed by atoms with van der Waals surface area (Å²) in [4.78, 5) is 43.5. The van der Waals surface area contributed by atoms with Crippen molar-refractivity contribution in [2.24, 2.45) is 0 Å². The first-order valence-electron chi connectivity index (χ1n) is 12.2. The van der Waals surface area contributed by atoms with Gasteiger partial charge in [0.2, 0.25) is 5.91 Å². The van der Waals surface area contributed by atoms with Gasteiger partial charge in [-0.3, -0.25) is 19.4 Å². The molecule has 216 valence electrons. The van der Waals surface area contributed by atoms with Crippen molar-refractivity contribution in [3.8, 4) is 0 Å². The number of alkyl halides is 3. The molecular formula is C24H38F3N5O6. The molecule has 2 atom stereocenters. The molecule has 0 aliphatic rings. The van der Waals surface area contributed by atoms with Crippen LogP contribution in [-0.2, 0) is 30.4 Å². The summed E-state index contributed by atoms with van der Waals surface area (Å²) in [5.41, 5.74) is 0.684. The van der Waals surface area contributed by atoms with E-state index in [2.05, 4.69) is 10.3 Å². The minimum Gasteiger partial charge on any atom is -0.463 e. The summed E-state index contributed by atoms with van der Waals surface area (Å²) in [5.74, 6) is -3.05. The molecule has 2 unspecified atom stereocenters. The highest BCUT2D eigenvalue weighted by Gasteiger charge is 2.39. The number of hydrogen-bond donors (Lipinski definition) is 3. The lowest BCUT2D eigenvalue weighted by molar-refractivity contribution is -0.177. The quantitative estimate of drug-likeness (QED) is 0.204. The first kappa shape index (κ1) is 33.2. The van der Waals surface area contributed by atoms with Gasteiger partial charge in [0.05, 0.1) is 30.9 Å². The second kappa shape index (κ2) is 16.2. The maximum atomic E-state index is 12.6. The fourth-order valence-electron chi connectivity index (χ4n) is 3.17. The average molecular weight is 550 g/mol. The van der Waals surface area contributed by atoms with Crippen molar-refractivity contribution < 1.29 is 42.1 Å². The first-order chi connectivity index (χ1) is 17.7. The molecular weight excluding hydrogens is 511 g/mol. The average Bonchev–Trinajstić information content (AvgIpc) is 2.81. The Balaban J connectivity index is 2.77. The Morgan fingerprint density at radius 3 is 2.45 bits per heavy atom. The Bertz CT molecular complexity index is 901. The fraction of sp³-hybridized carbons (Fsp3) is 0.667. The van der Waals surface area contributed by atoms with E-state index in [4.69, 9.17) is 9.47 Å². The number of rotatable bonds is 16. The highest BCUT2D eigenvalue weighted by atomic mass is 19.4. The second-order valence-corrected chi connectivity index (χ2v) is 9.02. The number of nitrogens with one attached hydrogen (secondary N) is 2. The standard InChI is InChI=1S/C24H38F3N5O6/c1-6-32(10-9-31(4)5)20(33)15-28-13-18-11-17(7-8-29-18)22(35)38-19(12-21(34)37-16(2)3)14-30-23(36)24(25,26)27/h7-8,11,16,19,22,28,35H,6,9-10,12-15H2,1-5H3,(H,30,36). The maximum absolute atomic E-state index is 12.6. The van der Waals surface area contributed by atoms with Crippen LogP contribution in [0, 0.1) is 0 Å². The second-order valence-electron chi connectivity index (χ2n) is 9.02. The van der Waals surface area contributed by atoms with Gasteiger partial charge in [0.15, 0.2) is 6.29 Å². The van der Waals surface area contributed by atoms with Gasteiger partial charge >= 0.3 is 18.1 Å². The highest BCUT2D eigenvalue weighted by Crippen LogP contribution is 2.19. The molecule has 11 nitrogen and oxygen atoms in total. The lowest BCUT2D eigenvalue weighted by Gasteiger charge is -2.23. The van der Waals surface area contributed by atoms with E-state index in [1.165, 1.54) is 18.3 Å². The Morgan fingerprint density at radius 2 is 1.87 bits per heavy atom. The number of halogens is 3. The van der Waals surface area contributed by atoms with Crippen LogP contribution in [0.25, 0.3) is 0 Å². The summed E-state index contributed by atoms with van der Waals surface area (Å²) < 4.78 is 48.1. The van der Waals surface area contributed by atoms with Crippen LogP contribution in [0.3, 0.4) is 0 Å². The number of esters is 1. The van der Waals surface area contributed by atoms with Crippen LogP contribution in [0.2, 0.25) is 0 Å². The molecule has 0 saturated heterocycles. The Morgan fingerprint density at radius 1 is 1.18 bits per heavy atom. The predicted octanol–water partition coefficient (Wildman–Crippen LogP) is 0.978. The number of amides is 2. The minimum atomic E-state index is -5.11. The van der Waals surface area contributed by atoms with Crippen molar-refractivity contribution in [2.45, 2.75) is 58.4 Å². The number of ether oxygens (including phenoxy) is 2. The summed E-state index contributed by atoms with van der Waals surface area (Å²) in [7, 11) is 3.84. The Labute approximate surface area is 220 Å². The van der Waals surface area contributed by atoms with E-state index in [1.54, 1.807) is 24.1 Å². The van der Waals surface area contributed by atoms with E-state index >= 15 is 0 Å². The summed E-state index contributed by atoms with van der Waals surface area (Å²) >= 11 is 0. The van der Waals surface area contributed by atoms with Crippen molar-refractivity contribution in [2.75, 3.05) is 46.8 Å². The van der Waals surface area contributed by atoms with Gasteiger partial charge in [-0.15, -0.1) is 0 Å². The van der Waals surface area contributed by atoms with Gasteiger partial charge in [-0.25, -0.2) is 0 Å². The molecule has 0 fully saturated rings. The van der Waals surface area contributed by atoms with E-state index in [1.807, 2.05) is 25.9 Å². The number of carbonyl (C=O) groups excluding carboxylic acids is 3. The number of hydrogen-bond acceptors (Lipinski definition) is 9. The van der Waals surface area contributed by atoms with Crippen LogP contribution in [0.5, 0.6) is 0 Å². The number of aromatic nitrogens is 1. The normalized spacial score (nSPS) is 13.3. The van der Waals surface area contributed by atoms with Crippen LogP contribution in [0.4, 0.5) is 13.2 Å². The Kier molecular flexibility index (Phi) is 14.2. The molecule has 0 aliphatic heterocycles. The molecule has 2 amide bonds. The third kappa shape index (κ3) is 13.1. The van der Waals surface area contributed by atoms with Crippen molar-refractivity contribution >= 4 is 17.8 Å². The number of aliphatic hydroxyl groups is 1. The van der Waals surface area contributed by atoms with Crippen molar-refractivity contribution in [1.82, 2.24) is 25.4 Å². The van der Waals surface area contributed by atoms with Crippen molar-refractivity contribution in [1.29, 1.82) is 0 Å². The highest BCUT2D eigenvalue weighted by molar-refractivity contribution is 5.81. The largest absolute Gasteiger partial charge is 0.471 e. The van der Waals surface area contributed by atoms with E-state index in [9.17, 15) is 32.7 Å². The number of carbonyl (C=O) groups is 3. The third-order valence-electron chi connectivity index (χ3n) is 5.09. The zero-order valence-electron chi connectivity index (χ0n) is 22.4. The van der Waals surface area contributed by atoms with Gasteiger partial charge in [0, 0.05) is 44.5 Å². The van der Waals surface area contributed by atoms with Crippen LogP contribution in [0.15, 0.2) is 18.3 Å². The maximum Gasteiger partial charge on any atom is 0.471 e. The lowest BCUT2D eigenvalue weighted by atomic mass is 10.2. The van der Waals surface area contributed by atoms with Gasteiger partial charge in [0.25, 0.3) is 0 Å². The summed E-state index contributed by atoms with van der Waals surface area (Å²) in [6.45, 7) is 6.56. The molecule has 1 aromatic heterocycles. The molecule has 14 heteroatoms. The summed E-state index contributed by atoms with van der Waals surface area (Å²) in [6, 6.07) is 2.92. The molecule has 0 aromatic carbocycles. The van der Waals surface area contributed by atoms with E-state index < -0.39 is 49.5 Å². The molecule has 0 bridgehead atoms. The molecule has 1 heterocycles. The van der Waals surface area contributed by atoms with E-state index in [-0.39, 0.29) is 24.6 Å². The molecule has 38 heavy (non-hydrogen) atoms. The van der Waals surface area contributed by atoms with Gasteiger partial charge < -0.3 is 35.0 Å². The molecule has 1 rings (SSSR count). The first-order valence-corrected chi connectivity index (χ1v) is 12.2. The van der Waals surface area contributed by atoms with Gasteiger partial charge in [-0.1, -0.05) is 0 Å². The SMILES string of the molecule is CCN(CCN(C)C)C(=O)CNCc1cc(C(O)OC(CNC(=O)C(F)(F)F)CC(=O)OC(C)C)ccn1. The predicted molar refractivity (Wildman–Crippen MR) is 131 cm³/mol. The number of nitrogens with zero attached hydrogens (tertiary/aromatic N) is 3. The monoisotopic (exact) mass is 549 g/mol. The van der Waals surface area contributed by atoms with Crippen LogP contribution in [-0.4, -0.2) is 103 Å². The minimum absolute atomic E-state index is 0.0746. The number of aliphatic hydroxyl groups excluding tert-OH is 1. The fourth-order valence-corrected chi connectivity index (χ4v) is 3.17. The lowest BCUT2D eigenvalue weighted by Crippen LogP contribution is -2.42. The van der Waals surface area contributed by atoms with E-state index in [0.717, 1.165) is 6.54 Å². The Hall–Kier alpha value is -2.81. The smallest absolute Gasteiger partial charge is 0.463 e. The van der Waals surface area contributed by atoms with Gasteiger partial charge in [-0.05, 0) is 47.0 Å². The molecule has 1 aromatic rings. The molecule has 0 saturated carbocycles. The summed E-state index contributed by atoms with van der Waals surface area (Å²) in [6.07, 6.45) is -7.65. The van der Waals surface area contributed by atoms with Gasteiger partial charge in [0.1, 0.15) is 0 Å². The van der Waals surface area contributed by atoms with Crippen molar-refractivity contribution in [3.63, 3.8) is 0 Å². The summed E-state index contributed by atoms with van der Waals surface area (Å²) in [5, 5.41) is 15.2.